The lowest BCUT2D eigenvalue weighted by Gasteiger charge is -2.02. The first-order chi connectivity index (χ1) is 9.75. The third-order valence-electron chi connectivity index (χ3n) is 2.70. The monoisotopic (exact) mass is 303 g/mol. The number of benzene rings is 1. The Kier molecular flexibility index (Phi) is 5.89. The quantitative estimate of drug-likeness (QED) is 0.497. The van der Waals surface area contributed by atoms with E-state index in [4.69, 9.17) is 0 Å². The summed E-state index contributed by atoms with van der Waals surface area (Å²) in [5.41, 5.74) is 1.21. The predicted octanol–water partition coefficient (Wildman–Crippen LogP) is 3.98. The average Bonchev–Trinajstić information content (AvgIpc) is 2.88. The highest BCUT2D eigenvalue weighted by molar-refractivity contribution is 7.99. The minimum Gasteiger partial charge on any atom is -0.352 e. The minimum atomic E-state index is -0.0357. The van der Waals surface area contributed by atoms with E-state index >= 15 is 0 Å². The topological polar surface area (TPSA) is 29.1 Å². The first kappa shape index (κ1) is 14.9. The SMILES string of the molecule is Cc1ccsc1/C=C/C(=O)NCCSc1ccccc1. The molecule has 0 bridgehead atoms. The van der Waals surface area contributed by atoms with Crippen LogP contribution >= 0.6 is 23.1 Å². The summed E-state index contributed by atoms with van der Waals surface area (Å²) in [4.78, 5) is 14.0. The number of carbonyl (C=O) groups is 1. The van der Waals surface area contributed by atoms with Gasteiger partial charge in [-0.15, -0.1) is 23.1 Å². The number of rotatable bonds is 6. The fourth-order valence-corrected chi connectivity index (χ4v) is 3.23. The normalized spacial score (nSPS) is 10.8. The number of hydrogen-bond donors (Lipinski definition) is 1. The summed E-state index contributed by atoms with van der Waals surface area (Å²) in [5.74, 6) is 0.841. The Balaban J connectivity index is 1.68. The molecule has 0 radical (unpaired) electrons. The molecule has 20 heavy (non-hydrogen) atoms. The van der Waals surface area contributed by atoms with Crippen LogP contribution in [0, 0.1) is 6.92 Å². The van der Waals surface area contributed by atoms with Crippen LogP contribution in [-0.2, 0) is 4.79 Å². The van der Waals surface area contributed by atoms with Crippen LogP contribution in [0.4, 0.5) is 0 Å². The van der Waals surface area contributed by atoms with Crippen LogP contribution < -0.4 is 5.32 Å². The molecule has 1 amide bonds. The van der Waals surface area contributed by atoms with Gasteiger partial charge in [0.05, 0.1) is 0 Å². The minimum absolute atomic E-state index is 0.0357. The molecule has 0 aliphatic rings. The van der Waals surface area contributed by atoms with Crippen molar-refractivity contribution in [2.45, 2.75) is 11.8 Å². The van der Waals surface area contributed by atoms with Gasteiger partial charge in [-0.25, -0.2) is 0 Å². The van der Waals surface area contributed by atoms with E-state index in [9.17, 15) is 4.79 Å². The number of hydrogen-bond acceptors (Lipinski definition) is 3. The maximum atomic E-state index is 11.7. The summed E-state index contributed by atoms with van der Waals surface area (Å²) in [6.07, 6.45) is 3.48. The molecule has 2 nitrogen and oxygen atoms in total. The molecule has 104 valence electrons. The largest absolute Gasteiger partial charge is 0.352 e. The summed E-state index contributed by atoms with van der Waals surface area (Å²) in [7, 11) is 0. The van der Waals surface area contributed by atoms with Crippen molar-refractivity contribution in [1.29, 1.82) is 0 Å². The molecule has 2 aromatic rings. The first-order valence-corrected chi connectivity index (χ1v) is 8.30. The van der Waals surface area contributed by atoms with Crippen molar-refractivity contribution >= 4 is 35.1 Å². The second-order valence-corrected chi connectivity index (χ2v) is 6.37. The zero-order valence-corrected chi connectivity index (χ0v) is 13.0. The van der Waals surface area contributed by atoms with E-state index in [0.29, 0.717) is 6.54 Å². The van der Waals surface area contributed by atoms with Gasteiger partial charge in [-0.1, -0.05) is 18.2 Å². The smallest absolute Gasteiger partial charge is 0.244 e. The Bertz CT molecular complexity index is 575. The Morgan fingerprint density at radius 3 is 2.80 bits per heavy atom. The Morgan fingerprint density at radius 2 is 2.10 bits per heavy atom. The summed E-state index contributed by atoms with van der Waals surface area (Å²) in [6.45, 7) is 2.72. The molecule has 0 unspecified atom stereocenters. The molecular formula is C16H17NOS2. The van der Waals surface area contributed by atoms with Crippen LogP contribution in [0.3, 0.4) is 0 Å². The lowest BCUT2D eigenvalue weighted by molar-refractivity contribution is -0.116. The highest BCUT2D eigenvalue weighted by Crippen LogP contribution is 2.17. The van der Waals surface area contributed by atoms with Gasteiger partial charge in [-0.2, -0.15) is 0 Å². The van der Waals surface area contributed by atoms with Crippen LogP contribution in [0.25, 0.3) is 6.08 Å². The summed E-state index contributed by atoms with van der Waals surface area (Å²) < 4.78 is 0. The van der Waals surface area contributed by atoms with Gasteiger partial charge in [-0.05, 0) is 42.1 Å². The van der Waals surface area contributed by atoms with Gasteiger partial charge in [0.15, 0.2) is 0 Å². The van der Waals surface area contributed by atoms with Crippen LogP contribution in [0.5, 0.6) is 0 Å². The van der Waals surface area contributed by atoms with Crippen molar-refractivity contribution in [2.24, 2.45) is 0 Å². The molecule has 0 atom stereocenters. The Morgan fingerprint density at radius 1 is 1.30 bits per heavy atom. The van der Waals surface area contributed by atoms with E-state index in [-0.39, 0.29) is 5.91 Å². The maximum absolute atomic E-state index is 11.7. The summed E-state index contributed by atoms with van der Waals surface area (Å²) >= 11 is 3.39. The van der Waals surface area contributed by atoms with Gasteiger partial charge < -0.3 is 5.32 Å². The van der Waals surface area contributed by atoms with E-state index in [0.717, 1.165) is 10.6 Å². The van der Waals surface area contributed by atoms with Gasteiger partial charge in [0.25, 0.3) is 0 Å². The molecule has 4 heteroatoms. The Labute approximate surface area is 127 Å². The van der Waals surface area contributed by atoms with Gasteiger partial charge >= 0.3 is 0 Å². The molecule has 1 N–H and O–H groups in total. The van der Waals surface area contributed by atoms with Crippen molar-refractivity contribution in [2.75, 3.05) is 12.3 Å². The van der Waals surface area contributed by atoms with Gasteiger partial charge in [-0.3, -0.25) is 4.79 Å². The molecule has 0 saturated carbocycles. The zero-order chi connectivity index (χ0) is 14.2. The van der Waals surface area contributed by atoms with Gasteiger partial charge in [0, 0.05) is 28.1 Å². The van der Waals surface area contributed by atoms with Crippen LogP contribution in [0.1, 0.15) is 10.4 Å². The molecule has 2 rings (SSSR count). The summed E-state index contributed by atoms with van der Waals surface area (Å²) in [6, 6.07) is 12.2. The second kappa shape index (κ2) is 7.92. The number of thioether (sulfide) groups is 1. The van der Waals surface area contributed by atoms with E-state index < -0.39 is 0 Å². The standard InChI is InChI=1S/C16H17NOS2/c1-13-9-11-20-15(13)7-8-16(18)17-10-12-19-14-5-3-2-4-6-14/h2-9,11H,10,12H2,1H3,(H,17,18)/b8-7+. The number of nitrogens with one attached hydrogen (secondary N) is 1. The van der Waals surface area contributed by atoms with Crippen molar-refractivity contribution < 1.29 is 4.79 Å². The first-order valence-electron chi connectivity index (χ1n) is 6.43. The van der Waals surface area contributed by atoms with E-state index in [1.165, 1.54) is 10.5 Å². The molecule has 0 spiro atoms. The molecule has 0 aliphatic heterocycles. The van der Waals surface area contributed by atoms with Crippen molar-refractivity contribution in [3.05, 3.63) is 58.3 Å². The average molecular weight is 303 g/mol. The molecule has 1 aromatic carbocycles. The number of aryl methyl sites for hydroxylation is 1. The Hall–Kier alpha value is -1.52. The van der Waals surface area contributed by atoms with Crippen LogP contribution in [-0.4, -0.2) is 18.2 Å². The zero-order valence-electron chi connectivity index (χ0n) is 11.3. The van der Waals surface area contributed by atoms with E-state index in [1.807, 2.05) is 36.6 Å². The number of amides is 1. The second-order valence-electron chi connectivity index (χ2n) is 4.25. The molecular weight excluding hydrogens is 286 g/mol. The van der Waals surface area contributed by atoms with Crippen molar-refractivity contribution in [3.8, 4) is 0 Å². The van der Waals surface area contributed by atoms with E-state index in [1.54, 1.807) is 29.2 Å². The fraction of sp³-hybridized carbons (Fsp3) is 0.188. The summed E-state index contributed by atoms with van der Waals surface area (Å²) in [5, 5.41) is 4.92. The van der Waals surface area contributed by atoms with Gasteiger partial charge in [0.1, 0.15) is 0 Å². The van der Waals surface area contributed by atoms with Gasteiger partial charge in [0.2, 0.25) is 5.91 Å². The molecule has 0 aliphatic carbocycles. The fourth-order valence-electron chi connectivity index (χ4n) is 1.63. The number of thiophene rings is 1. The third kappa shape index (κ3) is 4.87. The van der Waals surface area contributed by atoms with Crippen molar-refractivity contribution in [3.63, 3.8) is 0 Å². The maximum Gasteiger partial charge on any atom is 0.244 e. The highest BCUT2D eigenvalue weighted by Gasteiger charge is 1.98. The lowest BCUT2D eigenvalue weighted by Crippen LogP contribution is -2.23. The van der Waals surface area contributed by atoms with E-state index in [2.05, 4.69) is 23.5 Å². The van der Waals surface area contributed by atoms with Crippen LogP contribution in [0.2, 0.25) is 0 Å². The lowest BCUT2D eigenvalue weighted by atomic mass is 10.3. The molecule has 1 heterocycles. The molecule has 0 fully saturated rings. The third-order valence-corrected chi connectivity index (χ3v) is 4.70. The predicted molar refractivity (Wildman–Crippen MR) is 88.3 cm³/mol. The molecule has 1 aromatic heterocycles. The van der Waals surface area contributed by atoms with Crippen molar-refractivity contribution in [1.82, 2.24) is 5.32 Å². The highest BCUT2D eigenvalue weighted by atomic mass is 32.2. The number of carbonyl (C=O) groups excluding carboxylic acids is 1. The van der Waals surface area contributed by atoms with Crippen LogP contribution in [0.15, 0.2) is 52.7 Å². The molecule has 0 saturated heterocycles.